The lowest BCUT2D eigenvalue weighted by Gasteiger charge is -2.05. The second-order valence-electron chi connectivity index (χ2n) is 4.12. The van der Waals surface area contributed by atoms with Gasteiger partial charge in [-0.25, -0.2) is 9.18 Å². The molecule has 0 radical (unpaired) electrons. The Morgan fingerprint density at radius 3 is 2.79 bits per heavy atom. The van der Waals surface area contributed by atoms with E-state index in [4.69, 9.17) is 9.84 Å². The zero-order valence-electron chi connectivity index (χ0n) is 10.3. The van der Waals surface area contributed by atoms with Crippen LogP contribution in [0.2, 0.25) is 0 Å². The Hall–Kier alpha value is -2.02. The largest absolute Gasteiger partial charge is 0.478 e. The molecule has 0 saturated heterocycles. The molecule has 0 spiro atoms. The standard InChI is InChI=1S/C12H11FN2O3S/c1-6(2)10-14-12(19-15-10)18-9-5-7(13)3-4-8(9)11(16)17/h3-6H,1-2H3,(H,16,17). The molecule has 1 aromatic carbocycles. The highest BCUT2D eigenvalue weighted by molar-refractivity contribution is 7.07. The SMILES string of the molecule is CC(C)c1nsc(Oc2cc(F)ccc2C(=O)O)n1. The van der Waals surface area contributed by atoms with E-state index < -0.39 is 11.8 Å². The van der Waals surface area contributed by atoms with Crippen molar-refractivity contribution in [1.29, 1.82) is 0 Å². The second kappa shape index (κ2) is 5.31. The molecule has 0 aliphatic carbocycles. The van der Waals surface area contributed by atoms with E-state index in [1.54, 1.807) is 0 Å². The number of ether oxygens (including phenoxy) is 1. The van der Waals surface area contributed by atoms with Gasteiger partial charge in [0.05, 0.1) is 0 Å². The van der Waals surface area contributed by atoms with Crippen LogP contribution in [0.25, 0.3) is 0 Å². The van der Waals surface area contributed by atoms with Gasteiger partial charge >= 0.3 is 5.97 Å². The van der Waals surface area contributed by atoms with Crippen molar-refractivity contribution in [1.82, 2.24) is 9.36 Å². The van der Waals surface area contributed by atoms with Crippen LogP contribution in [0.3, 0.4) is 0 Å². The quantitative estimate of drug-likeness (QED) is 0.931. The Kier molecular flexibility index (Phi) is 3.75. The number of nitrogens with zero attached hydrogens (tertiary/aromatic N) is 2. The summed E-state index contributed by atoms with van der Waals surface area (Å²) >= 11 is 1.00. The van der Waals surface area contributed by atoms with Crippen molar-refractivity contribution in [2.75, 3.05) is 0 Å². The number of halogens is 1. The number of aromatic nitrogens is 2. The van der Waals surface area contributed by atoms with Crippen molar-refractivity contribution in [2.24, 2.45) is 0 Å². The van der Waals surface area contributed by atoms with E-state index in [2.05, 4.69) is 9.36 Å². The second-order valence-corrected chi connectivity index (χ2v) is 4.84. The number of carbonyl (C=O) groups is 1. The van der Waals surface area contributed by atoms with Gasteiger partial charge in [0.1, 0.15) is 23.0 Å². The molecule has 0 unspecified atom stereocenters. The van der Waals surface area contributed by atoms with Crippen molar-refractivity contribution in [3.8, 4) is 10.9 Å². The summed E-state index contributed by atoms with van der Waals surface area (Å²) in [5.74, 6) is -1.11. The Labute approximate surface area is 112 Å². The third-order valence-corrected chi connectivity index (χ3v) is 2.92. The van der Waals surface area contributed by atoms with Crippen molar-refractivity contribution in [3.05, 3.63) is 35.4 Å². The number of carboxylic acid groups (broad SMARTS) is 1. The molecule has 2 rings (SSSR count). The van der Waals surface area contributed by atoms with Gasteiger partial charge in [-0.2, -0.15) is 9.36 Å². The fourth-order valence-corrected chi connectivity index (χ4v) is 2.03. The van der Waals surface area contributed by atoms with Crippen LogP contribution in [-0.4, -0.2) is 20.4 Å². The molecule has 19 heavy (non-hydrogen) atoms. The van der Waals surface area contributed by atoms with Gasteiger partial charge in [0, 0.05) is 23.5 Å². The summed E-state index contributed by atoms with van der Waals surface area (Å²) in [4.78, 5) is 15.1. The van der Waals surface area contributed by atoms with E-state index in [1.807, 2.05) is 13.8 Å². The van der Waals surface area contributed by atoms with Crippen LogP contribution < -0.4 is 4.74 Å². The molecule has 7 heteroatoms. The molecule has 0 fully saturated rings. The summed E-state index contributed by atoms with van der Waals surface area (Å²) in [5.41, 5.74) is -0.123. The minimum absolute atomic E-state index is 0.0843. The number of rotatable bonds is 4. The molecule has 1 heterocycles. The molecule has 2 aromatic rings. The highest BCUT2D eigenvalue weighted by atomic mass is 32.1. The Morgan fingerprint density at radius 1 is 1.47 bits per heavy atom. The Morgan fingerprint density at radius 2 is 2.21 bits per heavy atom. The zero-order valence-corrected chi connectivity index (χ0v) is 11.1. The lowest BCUT2D eigenvalue weighted by Crippen LogP contribution is -2.00. The summed E-state index contributed by atoms with van der Waals surface area (Å²) in [5, 5.41) is 9.18. The van der Waals surface area contributed by atoms with Crippen LogP contribution in [-0.2, 0) is 0 Å². The fraction of sp³-hybridized carbons (Fsp3) is 0.250. The first-order chi connectivity index (χ1) is 8.97. The molecule has 0 aliphatic rings. The Bertz CT molecular complexity index is 613. The van der Waals surface area contributed by atoms with Crippen molar-refractivity contribution in [3.63, 3.8) is 0 Å². The van der Waals surface area contributed by atoms with E-state index in [0.29, 0.717) is 5.82 Å². The first-order valence-electron chi connectivity index (χ1n) is 5.51. The molecular formula is C12H11FN2O3S. The van der Waals surface area contributed by atoms with Crippen LogP contribution in [0.5, 0.6) is 10.9 Å². The number of benzene rings is 1. The topological polar surface area (TPSA) is 72.3 Å². The Balaban J connectivity index is 2.31. The maximum absolute atomic E-state index is 13.1. The van der Waals surface area contributed by atoms with Crippen molar-refractivity contribution in [2.45, 2.75) is 19.8 Å². The predicted octanol–water partition coefficient (Wildman–Crippen LogP) is 3.29. The van der Waals surface area contributed by atoms with Gasteiger partial charge in [-0.15, -0.1) is 0 Å². The monoisotopic (exact) mass is 282 g/mol. The highest BCUT2D eigenvalue weighted by Gasteiger charge is 2.16. The number of hydrogen-bond acceptors (Lipinski definition) is 5. The first kappa shape index (κ1) is 13.4. The van der Waals surface area contributed by atoms with Crippen LogP contribution in [0.15, 0.2) is 18.2 Å². The van der Waals surface area contributed by atoms with Crippen LogP contribution in [0, 0.1) is 5.82 Å². The van der Waals surface area contributed by atoms with E-state index in [9.17, 15) is 9.18 Å². The van der Waals surface area contributed by atoms with Gasteiger partial charge in [0.25, 0.3) is 5.19 Å². The molecule has 5 nitrogen and oxygen atoms in total. The van der Waals surface area contributed by atoms with Crippen LogP contribution in [0.4, 0.5) is 4.39 Å². The average molecular weight is 282 g/mol. The molecule has 1 aromatic heterocycles. The van der Waals surface area contributed by atoms with Crippen LogP contribution >= 0.6 is 11.5 Å². The third-order valence-electron chi connectivity index (χ3n) is 2.31. The molecular weight excluding hydrogens is 271 g/mol. The minimum Gasteiger partial charge on any atom is -0.478 e. The lowest BCUT2D eigenvalue weighted by atomic mass is 10.2. The normalized spacial score (nSPS) is 10.7. The highest BCUT2D eigenvalue weighted by Crippen LogP contribution is 2.28. The molecule has 100 valence electrons. The minimum atomic E-state index is -1.19. The maximum atomic E-state index is 13.1. The van der Waals surface area contributed by atoms with Gasteiger partial charge in [-0.05, 0) is 12.1 Å². The number of aromatic carboxylic acids is 1. The summed E-state index contributed by atoms with van der Waals surface area (Å²) in [6.07, 6.45) is 0. The van der Waals surface area contributed by atoms with E-state index >= 15 is 0 Å². The smallest absolute Gasteiger partial charge is 0.339 e. The van der Waals surface area contributed by atoms with E-state index in [1.165, 1.54) is 0 Å². The number of carboxylic acids is 1. The lowest BCUT2D eigenvalue weighted by molar-refractivity contribution is 0.0694. The van der Waals surface area contributed by atoms with Crippen molar-refractivity contribution < 1.29 is 19.0 Å². The maximum Gasteiger partial charge on any atom is 0.339 e. The van der Waals surface area contributed by atoms with Crippen LogP contribution in [0.1, 0.15) is 35.9 Å². The summed E-state index contributed by atoms with van der Waals surface area (Å²) in [6.45, 7) is 3.85. The summed E-state index contributed by atoms with van der Waals surface area (Å²) < 4.78 is 22.5. The summed E-state index contributed by atoms with van der Waals surface area (Å²) in [6, 6.07) is 3.23. The molecule has 1 N–H and O–H groups in total. The first-order valence-corrected chi connectivity index (χ1v) is 6.29. The van der Waals surface area contributed by atoms with Gasteiger partial charge in [-0.3, -0.25) is 0 Å². The fourth-order valence-electron chi connectivity index (χ4n) is 1.35. The molecule has 0 amide bonds. The molecule has 0 saturated carbocycles. The molecule has 0 aliphatic heterocycles. The van der Waals surface area contributed by atoms with E-state index in [0.717, 1.165) is 29.7 Å². The average Bonchev–Trinajstić information content (AvgIpc) is 2.77. The van der Waals surface area contributed by atoms with Gasteiger partial charge in [0.2, 0.25) is 0 Å². The van der Waals surface area contributed by atoms with E-state index in [-0.39, 0.29) is 22.4 Å². The zero-order chi connectivity index (χ0) is 14.0. The van der Waals surface area contributed by atoms with Gasteiger partial charge in [0.15, 0.2) is 0 Å². The van der Waals surface area contributed by atoms with Gasteiger partial charge < -0.3 is 9.84 Å². The molecule has 0 atom stereocenters. The third kappa shape index (κ3) is 3.05. The van der Waals surface area contributed by atoms with Gasteiger partial charge in [-0.1, -0.05) is 13.8 Å². The number of hydrogen-bond donors (Lipinski definition) is 1. The predicted molar refractivity (Wildman–Crippen MR) is 67.4 cm³/mol. The summed E-state index contributed by atoms with van der Waals surface area (Å²) in [7, 11) is 0. The van der Waals surface area contributed by atoms with Crippen molar-refractivity contribution >= 4 is 17.5 Å². The molecule has 0 bridgehead atoms.